The Hall–Kier alpha value is -2.87. The van der Waals surface area contributed by atoms with E-state index in [2.05, 4.69) is 38.9 Å². The molecule has 0 amide bonds. The number of rotatable bonds is 6. The predicted octanol–water partition coefficient (Wildman–Crippen LogP) is 3.68. The molecule has 3 aromatic rings. The molecule has 0 saturated carbocycles. The van der Waals surface area contributed by atoms with Crippen LogP contribution in [0.15, 0.2) is 36.8 Å². The van der Waals surface area contributed by atoms with Gasteiger partial charge in [-0.05, 0) is 25.0 Å². The van der Waals surface area contributed by atoms with Crippen molar-refractivity contribution in [1.82, 2.24) is 14.5 Å². The smallest absolute Gasteiger partial charge is 0.108 e. The predicted molar refractivity (Wildman–Crippen MR) is 95.9 cm³/mol. The van der Waals surface area contributed by atoms with E-state index in [9.17, 15) is 5.26 Å². The monoisotopic (exact) mass is 319 g/mol. The van der Waals surface area contributed by atoms with E-state index in [0.717, 1.165) is 53.9 Å². The zero-order chi connectivity index (χ0) is 16.9. The maximum Gasteiger partial charge on any atom is 0.108 e. The molecule has 0 unspecified atom stereocenters. The summed E-state index contributed by atoms with van der Waals surface area (Å²) < 4.78 is 2.18. The number of hydrogen-bond acceptors (Lipinski definition) is 4. The van der Waals surface area contributed by atoms with Gasteiger partial charge in [0.15, 0.2) is 0 Å². The molecule has 2 aromatic heterocycles. The Morgan fingerprint density at radius 2 is 2.17 bits per heavy atom. The highest BCUT2D eigenvalue weighted by Gasteiger charge is 2.08. The van der Waals surface area contributed by atoms with Crippen molar-refractivity contribution in [1.29, 1.82) is 5.26 Å². The number of nitriles is 1. The van der Waals surface area contributed by atoms with Crippen molar-refractivity contribution in [2.45, 2.75) is 33.2 Å². The maximum atomic E-state index is 9.37. The molecular weight excluding hydrogens is 298 g/mol. The van der Waals surface area contributed by atoms with Crippen molar-refractivity contribution >= 4 is 16.6 Å². The average Bonchev–Trinajstić information content (AvgIpc) is 3.05. The number of nitrogens with one attached hydrogen (secondary N) is 1. The van der Waals surface area contributed by atoms with Gasteiger partial charge < -0.3 is 9.88 Å². The van der Waals surface area contributed by atoms with Gasteiger partial charge in [-0.25, -0.2) is 4.98 Å². The first-order valence-electron chi connectivity index (χ1n) is 8.26. The second-order valence-electron chi connectivity index (χ2n) is 5.85. The van der Waals surface area contributed by atoms with E-state index in [-0.39, 0.29) is 0 Å². The van der Waals surface area contributed by atoms with E-state index in [0.29, 0.717) is 5.56 Å². The fraction of sp³-hybridized carbons (Fsp3) is 0.316. The summed E-state index contributed by atoms with van der Waals surface area (Å²) in [6.45, 7) is 5.87. The molecule has 0 spiro atoms. The molecule has 0 saturated heterocycles. The molecule has 5 nitrogen and oxygen atoms in total. The molecule has 122 valence electrons. The minimum atomic E-state index is 0.586. The molecule has 24 heavy (non-hydrogen) atoms. The van der Waals surface area contributed by atoms with E-state index < -0.39 is 0 Å². The van der Waals surface area contributed by atoms with Crippen molar-refractivity contribution in [3.63, 3.8) is 0 Å². The van der Waals surface area contributed by atoms with Gasteiger partial charge in [0.25, 0.3) is 0 Å². The van der Waals surface area contributed by atoms with Crippen LogP contribution in [-0.2, 0) is 13.0 Å². The number of hydrogen-bond donors (Lipinski definition) is 1. The summed E-state index contributed by atoms with van der Waals surface area (Å²) in [5.41, 5.74) is 3.55. The van der Waals surface area contributed by atoms with Gasteiger partial charge in [0.1, 0.15) is 11.9 Å². The molecule has 0 radical (unpaired) electrons. The first kappa shape index (κ1) is 16.0. The van der Waals surface area contributed by atoms with Crippen LogP contribution in [0.5, 0.6) is 0 Å². The summed E-state index contributed by atoms with van der Waals surface area (Å²) in [6.07, 6.45) is 7.41. The van der Waals surface area contributed by atoms with E-state index in [1.807, 2.05) is 31.5 Å². The highest BCUT2D eigenvalue weighted by atomic mass is 15.1. The number of anilines is 1. The molecule has 0 bridgehead atoms. The quantitative estimate of drug-likeness (QED) is 0.704. The van der Waals surface area contributed by atoms with Crippen LogP contribution >= 0.6 is 0 Å². The number of pyridine rings is 1. The minimum absolute atomic E-state index is 0.586. The van der Waals surface area contributed by atoms with Gasteiger partial charge in [0, 0.05) is 43.5 Å². The summed E-state index contributed by atoms with van der Waals surface area (Å²) in [7, 11) is 0. The molecule has 0 aliphatic heterocycles. The van der Waals surface area contributed by atoms with Crippen molar-refractivity contribution in [2.75, 3.05) is 11.9 Å². The van der Waals surface area contributed by atoms with Crippen LogP contribution in [0.4, 0.5) is 5.69 Å². The van der Waals surface area contributed by atoms with Crippen molar-refractivity contribution in [2.24, 2.45) is 0 Å². The first-order valence-corrected chi connectivity index (χ1v) is 8.26. The summed E-state index contributed by atoms with van der Waals surface area (Å²) in [5.74, 6) is 1.11. The zero-order valence-electron chi connectivity index (χ0n) is 14.1. The lowest BCUT2D eigenvalue weighted by Crippen LogP contribution is -2.09. The van der Waals surface area contributed by atoms with Crippen LogP contribution in [0.25, 0.3) is 10.9 Å². The lowest BCUT2D eigenvalue weighted by atomic mass is 10.1. The highest BCUT2D eigenvalue weighted by molar-refractivity contribution is 5.94. The third kappa shape index (κ3) is 3.23. The van der Waals surface area contributed by atoms with Gasteiger partial charge in [-0.2, -0.15) is 5.26 Å². The van der Waals surface area contributed by atoms with Gasteiger partial charge in [-0.1, -0.05) is 19.1 Å². The molecule has 5 heteroatoms. The molecule has 1 N–H and O–H groups in total. The molecule has 3 rings (SSSR count). The number of aryl methyl sites for hydroxylation is 3. The van der Waals surface area contributed by atoms with Gasteiger partial charge >= 0.3 is 0 Å². The van der Waals surface area contributed by atoms with Crippen LogP contribution < -0.4 is 5.32 Å². The van der Waals surface area contributed by atoms with Crippen LogP contribution in [0, 0.1) is 18.3 Å². The Bertz CT molecular complexity index is 888. The Morgan fingerprint density at radius 3 is 2.96 bits per heavy atom. The van der Waals surface area contributed by atoms with Crippen molar-refractivity contribution in [3.8, 4) is 6.07 Å². The topological polar surface area (TPSA) is 66.5 Å². The Balaban J connectivity index is 1.73. The second-order valence-corrected chi connectivity index (χ2v) is 5.85. The summed E-state index contributed by atoms with van der Waals surface area (Å²) >= 11 is 0. The largest absolute Gasteiger partial charge is 0.383 e. The number of benzene rings is 1. The molecule has 2 heterocycles. The molecular formula is C19H21N5. The normalized spacial score (nSPS) is 10.7. The number of fused-ring (bicyclic) bond motifs is 1. The van der Waals surface area contributed by atoms with Gasteiger partial charge in [0.2, 0.25) is 0 Å². The number of nitrogens with zero attached hydrogens (tertiary/aromatic N) is 4. The van der Waals surface area contributed by atoms with Crippen LogP contribution in [0.2, 0.25) is 0 Å². The van der Waals surface area contributed by atoms with E-state index >= 15 is 0 Å². The third-order valence-corrected chi connectivity index (χ3v) is 4.14. The third-order valence-electron chi connectivity index (χ3n) is 4.14. The van der Waals surface area contributed by atoms with Gasteiger partial charge in [-0.15, -0.1) is 0 Å². The summed E-state index contributed by atoms with van der Waals surface area (Å²) in [4.78, 5) is 8.73. The number of aromatic nitrogens is 3. The van der Waals surface area contributed by atoms with Crippen LogP contribution in [0.3, 0.4) is 0 Å². The Kier molecular flexibility index (Phi) is 4.76. The molecule has 0 aliphatic rings. The van der Waals surface area contributed by atoms with Crippen LogP contribution in [0.1, 0.15) is 30.3 Å². The summed E-state index contributed by atoms with van der Waals surface area (Å²) in [5, 5.41) is 13.8. The molecule has 0 aliphatic carbocycles. The fourth-order valence-corrected chi connectivity index (χ4v) is 2.90. The van der Waals surface area contributed by atoms with Gasteiger partial charge in [0.05, 0.1) is 16.8 Å². The van der Waals surface area contributed by atoms with Crippen molar-refractivity contribution < 1.29 is 0 Å². The molecule has 1 aromatic carbocycles. The maximum absolute atomic E-state index is 9.37. The standard InChI is InChI=1S/C19H21N5/c1-3-18-21-8-10-24(18)9-4-7-22-19-15(12-20)13-23-17-11-14(2)5-6-16(17)19/h5-6,8,10-11,13H,3-4,7,9H2,1-2H3,(H,22,23). The Morgan fingerprint density at radius 1 is 1.29 bits per heavy atom. The fourth-order valence-electron chi connectivity index (χ4n) is 2.90. The van der Waals surface area contributed by atoms with E-state index in [1.54, 1.807) is 6.20 Å². The SMILES string of the molecule is CCc1nccn1CCCNc1c(C#N)cnc2cc(C)ccc12. The highest BCUT2D eigenvalue weighted by Crippen LogP contribution is 2.26. The number of imidazole rings is 1. The summed E-state index contributed by atoms with van der Waals surface area (Å²) in [6, 6.07) is 8.36. The van der Waals surface area contributed by atoms with Crippen LogP contribution in [-0.4, -0.2) is 21.1 Å². The second kappa shape index (κ2) is 7.14. The van der Waals surface area contributed by atoms with E-state index in [1.165, 1.54) is 0 Å². The van der Waals surface area contributed by atoms with Gasteiger partial charge in [-0.3, -0.25) is 4.98 Å². The first-order chi connectivity index (χ1) is 11.7. The lowest BCUT2D eigenvalue weighted by Gasteiger charge is -2.12. The zero-order valence-corrected chi connectivity index (χ0v) is 14.1. The Labute approximate surface area is 142 Å². The molecule has 0 fully saturated rings. The molecule has 0 atom stereocenters. The minimum Gasteiger partial charge on any atom is -0.383 e. The lowest BCUT2D eigenvalue weighted by molar-refractivity contribution is 0.629. The van der Waals surface area contributed by atoms with Crippen molar-refractivity contribution in [3.05, 3.63) is 53.7 Å². The van der Waals surface area contributed by atoms with E-state index in [4.69, 9.17) is 0 Å². The average molecular weight is 319 g/mol.